The van der Waals surface area contributed by atoms with Gasteiger partial charge < -0.3 is 5.32 Å². The predicted molar refractivity (Wildman–Crippen MR) is 63.8 cm³/mol. The van der Waals surface area contributed by atoms with Gasteiger partial charge in [0, 0.05) is 23.7 Å². The van der Waals surface area contributed by atoms with E-state index in [0.717, 1.165) is 24.3 Å². The zero-order chi connectivity index (χ0) is 11.4. The number of nitrogens with zero attached hydrogens (tertiary/aromatic N) is 1. The van der Waals surface area contributed by atoms with Crippen molar-refractivity contribution in [3.8, 4) is 0 Å². The number of hydrogen-bond donors (Lipinski definition) is 2. The number of sulfonamides is 1. The van der Waals surface area contributed by atoms with Crippen molar-refractivity contribution in [1.82, 2.24) is 15.0 Å². The normalized spacial score (nSPS) is 21.4. The Labute approximate surface area is 99.3 Å². The van der Waals surface area contributed by atoms with Gasteiger partial charge in [-0.15, -0.1) is 11.3 Å². The molecular weight excluding hydrogens is 246 g/mol. The van der Waals surface area contributed by atoms with Gasteiger partial charge in [-0.05, 0) is 19.4 Å². The van der Waals surface area contributed by atoms with Crippen LogP contribution >= 0.6 is 11.3 Å². The van der Waals surface area contributed by atoms with Crippen LogP contribution in [0.3, 0.4) is 0 Å². The fraction of sp³-hybridized carbons (Fsp3) is 0.667. The second kappa shape index (κ2) is 5.22. The molecule has 0 amide bonds. The van der Waals surface area contributed by atoms with E-state index in [9.17, 15) is 8.42 Å². The van der Waals surface area contributed by atoms with Crippen LogP contribution in [-0.2, 0) is 16.6 Å². The van der Waals surface area contributed by atoms with Crippen LogP contribution in [0.4, 0.5) is 0 Å². The molecule has 2 N–H and O–H groups in total. The Morgan fingerprint density at radius 2 is 2.50 bits per heavy atom. The minimum Gasteiger partial charge on any atom is -0.313 e. The third kappa shape index (κ3) is 3.51. The largest absolute Gasteiger partial charge is 0.313 e. The van der Waals surface area contributed by atoms with Crippen molar-refractivity contribution in [1.29, 1.82) is 0 Å². The van der Waals surface area contributed by atoms with E-state index in [-0.39, 0.29) is 11.8 Å². The lowest BCUT2D eigenvalue weighted by molar-refractivity contribution is 0.564. The molecule has 7 heteroatoms. The Balaban J connectivity index is 1.82. The molecular formula is C9H15N3O2S2. The second-order valence-electron chi connectivity index (χ2n) is 3.86. The van der Waals surface area contributed by atoms with Gasteiger partial charge in [0.1, 0.15) is 0 Å². The van der Waals surface area contributed by atoms with Crippen molar-refractivity contribution < 1.29 is 8.42 Å². The Hall–Kier alpha value is -0.500. The summed E-state index contributed by atoms with van der Waals surface area (Å²) in [6.45, 7) is 1.27. The van der Waals surface area contributed by atoms with E-state index in [1.807, 2.05) is 0 Å². The Morgan fingerprint density at radius 3 is 3.12 bits per heavy atom. The second-order valence-corrected chi connectivity index (χ2v) is 6.69. The van der Waals surface area contributed by atoms with E-state index in [1.54, 1.807) is 11.7 Å². The highest BCUT2D eigenvalue weighted by Gasteiger charge is 2.21. The lowest BCUT2D eigenvalue weighted by atomic mass is 10.3. The van der Waals surface area contributed by atoms with E-state index < -0.39 is 10.0 Å². The first-order valence-corrected chi connectivity index (χ1v) is 7.77. The summed E-state index contributed by atoms with van der Waals surface area (Å²) in [5.74, 6) is 0.172. The fourth-order valence-electron chi connectivity index (χ4n) is 1.73. The number of hydrogen-bond acceptors (Lipinski definition) is 5. The van der Waals surface area contributed by atoms with Gasteiger partial charge in [-0.1, -0.05) is 0 Å². The summed E-state index contributed by atoms with van der Waals surface area (Å²) in [5, 5.41) is 3.18. The molecule has 0 aliphatic carbocycles. The van der Waals surface area contributed by atoms with Crippen LogP contribution in [0.1, 0.15) is 17.7 Å². The van der Waals surface area contributed by atoms with Crippen molar-refractivity contribution in [2.45, 2.75) is 25.4 Å². The van der Waals surface area contributed by atoms with Gasteiger partial charge in [-0.25, -0.2) is 13.1 Å². The monoisotopic (exact) mass is 261 g/mol. The first kappa shape index (κ1) is 12.0. The molecule has 0 saturated carbocycles. The summed E-state index contributed by atoms with van der Waals surface area (Å²) in [7, 11) is -3.17. The van der Waals surface area contributed by atoms with Gasteiger partial charge in [0.2, 0.25) is 10.0 Å². The third-order valence-corrected chi connectivity index (χ3v) is 4.74. The molecule has 0 radical (unpaired) electrons. The number of aromatic nitrogens is 1. The van der Waals surface area contributed by atoms with Gasteiger partial charge in [0.05, 0.1) is 11.3 Å². The van der Waals surface area contributed by atoms with Crippen molar-refractivity contribution >= 4 is 21.4 Å². The maximum Gasteiger partial charge on any atom is 0.213 e. The Kier molecular flexibility index (Phi) is 3.91. The average Bonchev–Trinajstić information content (AvgIpc) is 2.85. The van der Waals surface area contributed by atoms with Gasteiger partial charge in [0.15, 0.2) is 0 Å². The van der Waals surface area contributed by atoms with Crippen molar-refractivity contribution in [2.75, 3.05) is 12.3 Å². The van der Waals surface area contributed by atoms with Crippen LogP contribution in [0, 0.1) is 0 Å². The fourth-order valence-corrected chi connectivity index (χ4v) is 3.67. The van der Waals surface area contributed by atoms with Crippen LogP contribution < -0.4 is 10.0 Å². The van der Waals surface area contributed by atoms with E-state index in [4.69, 9.17) is 0 Å². The minimum absolute atomic E-state index is 0.110. The molecule has 0 aromatic carbocycles. The highest BCUT2D eigenvalue weighted by atomic mass is 32.2. The SMILES string of the molecule is O=S(=O)(CC1CCCN1)NCc1cncs1. The molecule has 90 valence electrons. The highest BCUT2D eigenvalue weighted by molar-refractivity contribution is 7.89. The van der Waals surface area contributed by atoms with Crippen molar-refractivity contribution in [3.05, 3.63) is 16.6 Å². The minimum atomic E-state index is -3.17. The van der Waals surface area contributed by atoms with E-state index in [1.165, 1.54) is 11.3 Å². The smallest absolute Gasteiger partial charge is 0.213 e. The van der Waals surface area contributed by atoms with E-state index >= 15 is 0 Å². The topological polar surface area (TPSA) is 71.1 Å². The van der Waals surface area contributed by atoms with Gasteiger partial charge in [-0.3, -0.25) is 4.98 Å². The first-order valence-electron chi connectivity index (χ1n) is 5.24. The molecule has 2 rings (SSSR count). The summed E-state index contributed by atoms with van der Waals surface area (Å²) < 4.78 is 26.0. The van der Waals surface area contributed by atoms with Crippen molar-refractivity contribution in [3.63, 3.8) is 0 Å². The average molecular weight is 261 g/mol. The van der Waals surface area contributed by atoms with Crippen LogP contribution in [0.2, 0.25) is 0 Å². The van der Waals surface area contributed by atoms with E-state index in [2.05, 4.69) is 15.0 Å². The van der Waals surface area contributed by atoms with Gasteiger partial charge in [0.25, 0.3) is 0 Å². The Bertz CT molecular complexity index is 410. The van der Waals surface area contributed by atoms with Gasteiger partial charge >= 0.3 is 0 Å². The molecule has 5 nitrogen and oxygen atoms in total. The van der Waals surface area contributed by atoms with Crippen LogP contribution in [0.25, 0.3) is 0 Å². The third-order valence-electron chi connectivity index (χ3n) is 2.53. The number of nitrogens with one attached hydrogen (secondary N) is 2. The first-order chi connectivity index (χ1) is 7.66. The highest BCUT2D eigenvalue weighted by Crippen LogP contribution is 2.09. The summed E-state index contributed by atoms with van der Waals surface area (Å²) in [6.07, 6.45) is 3.69. The van der Waals surface area contributed by atoms with Crippen LogP contribution in [-0.4, -0.2) is 31.7 Å². The molecule has 1 aliphatic heterocycles. The standard InChI is InChI=1S/C9H15N3O2S2/c13-16(14,6-8-2-1-3-11-8)12-5-9-4-10-7-15-9/h4,7-8,11-12H,1-3,5-6H2. The predicted octanol–water partition coefficient (Wildman–Crippen LogP) is 0.315. The molecule has 1 saturated heterocycles. The molecule has 16 heavy (non-hydrogen) atoms. The zero-order valence-electron chi connectivity index (χ0n) is 8.85. The molecule has 1 fully saturated rings. The Morgan fingerprint density at radius 1 is 1.62 bits per heavy atom. The summed E-state index contributed by atoms with van der Waals surface area (Å²) in [4.78, 5) is 4.83. The maximum atomic E-state index is 11.7. The lowest BCUT2D eigenvalue weighted by Gasteiger charge is -2.11. The molecule has 0 spiro atoms. The molecule has 2 heterocycles. The molecule has 0 bridgehead atoms. The van der Waals surface area contributed by atoms with E-state index in [0.29, 0.717) is 6.54 Å². The van der Waals surface area contributed by atoms with Crippen LogP contribution in [0.5, 0.6) is 0 Å². The lowest BCUT2D eigenvalue weighted by Crippen LogP contribution is -2.36. The summed E-state index contributed by atoms with van der Waals surface area (Å²) >= 11 is 1.45. The number of thiazole rings is 1. The molecule has 1 unspecified atom stereocenters. The summed E-state index contributed by atoms with van der Waals surface area (Å²) in [5.41, 5.74) is 1.70. The van der Waals surface area contributed by atoms with Crippen LogP contribution in [0.15, 0.2) is 11.7 Å². The zero-order valence-corrected chi connectivity index (χ0v) is 10.5. The van der Waals surface area contributed by atoms with Gasteiger partial charge in [-0.2, -0.15) is 0 Å². The number of rotatable bonds is 5. The summed E-state index contributed by atoms with van der Waals surface area (Å²) in [6, 6.07) is 0.110. The molecule has 1 aliphatic rings. The molecule has 1 atom stereocenters. The molecule has 1 aromatic rings. The quantitative estimate of drug-likeness (QED) is 0.800. The maximum absolute atomic E-state index is 11.7. The molecule has 1 aromatic heterocycles. The van der Waals surface area contributed by atoms with Crippen molar-refractivity contribution in [2.24, 2.45) is 0 Å².